The van der Waals surface area contributed by atoms with Crippen LogP contribution in [0.2, 0.25) is 0 Å². The topological polar surface area (TPSA) is 82.6 Å². The molecule has 29 heavy (non-hydrogen) atoms. The molecular formula is C21H27FN4O3. The molecule has 1 aromatic rings. The molecule has 1 aromatic heterocycles. The lowest BCUT2D eigenvalue weighted by atomic mass is 9.81. The van der Waals surface area contributed by atoms with Gasteiger partial charge in [0.2, 0.25) is 11.8 Å². The quantitative estimate of drug-likeness (QED) is 0.755. The highest BCUT2D eigenvalue weighted by Crippen LogP contribution is 2.46. The molecule has 156 valence electrons. The Kier molecular flexibility index (Phi) is 5.04. The number of hydrogen-bond donors (Lipinski definition) is 1. The molecule has 4 rings (SSSR count). The zero-order valence-electron chi connectivity index (χ0n) is 16.9. The minimum absolute atomic E-state index is 0.00263. The molecule has 1 N–H and O–H groups in total. The molecule has 2 amide bonds. The second-order valence-electron chi connectivity index (χ2n) is 8.69. The molecule has 0 aromatic carbocycles. The summed E-state index contributed by atoms with van der Waals surface area (Å²) in [4.78, 5) is 45.3. The second-order valence-corrected chi connectivity index (χ2v) is 8.69. The van der Waals surface area contributed by atoms with Crippen LogP contribution in [0.4, 0.5) is 10.1 Å². The lowest BCUT2D eigenvalue weighted by Crippen LogP contribution is -2.56. The summed E-state index contributed by atoms with van der Waals surface area (Å²) in [5.41, 5.74) is -0.142. The largest absolute Gasteiger partial charge is 0.364 e. The monoisotopic (exact) mass is 402 g/mol. The molecule has 3 heterocycles. The first-order chi connectivity index (χ1) is 13.8. The van der Waals surface area contributed by atoms with E-state index in [1.165, 1.54) is 12.3 Å². The van der Waals surface area contributed by atoms with Crippen molar-refractivity contribution in [1.82, 2.24) is 15.2 Å². The van der Waals surface area contributed by atoms with Crippen molar-refractivity contribution in [2.24, 2.45) is 11.8 Å². The van der Waals surface area contributed by atoms with Gasteiger partial charge in [-0.15, -0.1) is 0 Å². The van der Waals surface area contributed by atoms with Crippen molar-refractivity contribution in [2.45, 2.75) is 51.1 Å². The van der Waals surface area contributed by atoms with Gasteiger partial charge >= 0.3 is 0 Å². The maximum atomic E-state index is 13.5. The van der Waals surface area contributed by atoms with Crippen molar-refractivity contribution in [3.63, 3.8) is 0 Å². The molecule has 0 spiro atoms. The average molecular weight is 402 g/mol. The van der Waals surface area contributed by atoms with E-state index in [-0.39, 0.29) is 47.7 Å². The molecule has 3 atom stereocenters. The highest BCUT2D eigenvalue weighted by atomic mass is 19.1. The van der Waals surface area contributed by atoms with Crippen LogP contribution in [0.25, 0.3) is 0 Å². The van der Waals surface area contributed by atoms with Crippen molar-refractivity contribution in [3.05, 3.63) is 24.3 Å². The van der Waals surface area contributed by atoms with E-state index in [9.17, 15) is 18.8 Å². The zero-order valence-corrected chi connectivity index (χ0v) is 16.9. The van der Waals surface area contributed by atoms with Crippen molar-refractivity contribution in [3.8, 4) is 0 Å². The fourth-order valence-corrected chi connectivity index (χ4v) is 4.88. The van der Waals surface area contributed by atoms with Crippen molar-refractivity contribution >= 4 is 23.3 Å². The van der Waals surface area contributed by atoms with Crippen LogP contribution < -0.4 is 10.2 Å². The third-order valence-electron chi connectivity index (χ3n) is 6.47. The molecule has 2 aliphatic heterocycles. The number of carbonyl (C=O) groups excluding carboxylic acids is 3. The Balaban J connectivity index is 1.41. The fourth-order valence-electron chi connectivity index (χ4n) is 4.88. The smallest absolute Gasteiger partial charge is 0.228 e. The first-order valence-electron chi connectivity index (χ1n) is 10.3. The van der Waals surface area contributed by atoms with Gasteiger partial charge in [0.25, 0.3) is 0 Å². The van der Waals surface area contributed by atoms with Crippen LogP contribution in [-0.2, 0) is 14.4 Å². The highest BCUT2D eigenvalue weighted by Gasteiger charge is 2.56. The third kappa shape index (κ3) is 3.72. The van der Waals surface area contributed by atoms with Gasteiger partial charge in [0, 0.05) is 37.7 Å². The van der Waals surface area contributed by atoms with Gasteiger partial charge in [-0.05, 0) is 32.1 Å². The highest BCUT2D eigenvalue weighted by molar-refractivity contribution is 6.10. The molecule has 2 saturated heterocycles. The Morgan fingerprint density at radius 3 is 2.69 bits per heavy atom. The minimum Gasteiger partial charge on any atom is -0.364 e. The van der Waals surface area contributed by atoms with Crippen LogP contribution in [0, 0.1) is 17.7 Å². The molecule has 2 unspecified atom stereocenters. The lowest BCUT2D eigenvalue weighted by molar-refractivity contribution is -0.137. The number of hydrogen-bond acceptors (Lipinski definition) is 5. The number of amides is 2. The number of carbonyl (C=O) groups is 3. The fraction of sp³-hybridized carbons (Fsp3) is 0.619. The van der Waals surface area contributed by atoms with E-state index in [0.717, 1.165) is 12.8 Å². The summed E-state index contributed by atoms with van der Waals surface area (Å²) in [5.74, 6) is -0.868. The molecule has 7 nitrogen and oxygen atoms in total. The summed E-state index contributed by atoms with van der Waals surface area (Å²) < 4.78 is 13.5. The van der Waals surface area contributed by atoms with Crippen LogP contribution in [0.3, 0.4) is 0 Å². The molecule has 0 bridgehead atoms. The van der Waals surface area contributed by atoms with Crippen molar-refractivity contribution in [1.29, 1.82) is 0 Å². The molecule has 1 saturated carbocycles. The maximum Gasteiger partial charge on any atom is 0.228 e. The van der Waals surface area contributed by atoms with Gasteiger partial charge in [0.1, 0.15) is 11.4 Å². The third-order valence-corrected chi connectivity index (χ3v) is 6.47. The SMILES string of the molecule is CC(CC1(C2CC2)NC(=O)CC1=O)C(=O)N1CCN(c2cncc(F)c2)[C@@H](C)C1. The van der Waals surface area contributed by atoms with E-state index in [1.807, 2.05) is 18.7 Å². The van der Waals surface area contributed by atoms with E-state index in [0.29, 0.717) is 31.7 Å². The van der Waals surface area contributed by atoms with Gasteiger partial charge in [-0.1, -0.05) is 6.92 Å². The van der Waals surface area contributed by atoms with E-state index in [2.05, 4.69) is 15.2 Å². The van der Waals surface area contributed by atoms with Crippen molar-refractivity contribution in [2.75, 3.05) is 24.5 Å². The summed E-state index contributed by atoms with van der Waals surface area (Å²) in [7, 11) is 0. The normalized spacial score (nSPS) is 28.4. The summed E-state index contributed by atoms with van der Waals surface area (Å²) in [6, 6.07) is 1.48. The van der Waals surface area contributed by atoms with Gasteiger partial charge < -0.3 is 15.1 Å². The Labute approximate surface area is 169 Å². The van der Waals surface area contributed by atoms with Gasteiger partial charge in [-0.3, -0.25) is 19.4 Å². The number of pyridine rings is 1. The Bertz CT molecular complexity index is 843. The van der Waals surface area contributed by atoms with Gasteiger partial charge in [0.15, 0.2) is 5.78 Å². The first-order valence-corrected chi connectivity index (χ1v) is 10.3. The zero-order chi connectivity index (χ0) is 20.8. The molecule has 0 radical (unpaired) electrons. The lowest BCUT2D eigenvalue weighted by Gasteiger charge is -2.42. The molecule has 3 fully saturated rings. The number of halogens is 1. The molecular weight excluding hydrogens is 375 g/mol. The number of anilines is 1. The summed E-state index contributed by atoms with van der Waals surface area (Å²) in [5, 5.41) is 2.90. The molecule has 8 heteroatoms. The van der Waals surface area contributed by atoms with Crippen LogP contribution in [0.15, 0.2) is 18.5 Å². The summed E-state index contributed by atoms with van der Waals surface area (Å²) in [6.45, 7) is 5.49. The number of piperazine rings is 1. The second kappa shape index (κ2) is 7.39. The van der Waals surface area contributed by atoms with E-state index in [4.69, 9.17) is 0 Å². The number of aromatic nitrogens is 1. The predicted molar refractivity (Wildman–Crippen MR) is 105 cm³/mol. The van der Waals surface area contributed by atoms with Gasteiger partial charge in [-0.2, -0.15) is 0 Å². The standard InChI is InChI=1S/C21H27FN4O3/c1-13(9-21(15-3-4-15)18(27)8-19(28)24-21)20(29)25-5-6-26(14(2)12-25)17-7-16(22)10-23-11-17/h7,10-11,13-15H,3-6,8-9,12H2,1-2H3,(H,24,28)/t13?,14-,21?/m0/s1. The Morgan fingerprint density at radius 1 is 1.34 bits per heavy atom. The Hall–Kier alpha value is -2.51. The summed E-state index contributed by atoms with van der Waals surface area (Å²) >= 11 is 0. The van der Waals surface area contributed by atoms with Crippen molar-refractivity contribution < 1.29 is 18.8 Å². The van der Waals surface area contributed by atoms with E-state index >= 15 is 0 Å². The number of nitrogens with one attached hydrogen (secondary N) is 1. The van der Waals surface area contributed by atoms with E-state index < -0.39 is 5.54 Å². The number of nitrogens with zero attached hydrogens (tertiary/aromatic N) is 3. The molecule has 3 aliphatic rings. The Morgan fingerprint density at radius 2 is 2.10 bits per heavy atom. The predicted octanol–water partition coefficient (Wildman–Crippen LogP) is 1.52. The molecule has 1 aliphatic carbocycles. The van der Waals surface area contributed by atoms with Crippen LogP contribution in [-0.4, -0.2) is 58.7 Å². The van der Waals surface area contributed by atoms with Gasteiger partial charge in [0.05, 0.1) is 24.5 Å². The van der Waals surface area contributed by atoms with E-state index in [1.54, 1.807) is 6.20 Å². The van der Waals surface area contributed by atoms with Crippen LogP contribution in [0.1, 0.15) is 39.5 Å². The average Bonchev–Trinajstić information content (AvgIpc) is 3.48. The van der Waals surface area contributed by atoms with Gasteiger partial charge in [-0.25, -0.2) is 4.39 Å². The maximum absolute atomic E-state index is 13.5. The number of Topliss-reactive ketones (excluding diaryl/α,β-unsaturated/α-hetero) is 1. The summed E-state index contributed by atoms with van der Waals surface area (Å²) in [6.07, 6.45) is 4.94. The first kappa shape index (κ1) is 19.8. The number of rotatable bonds is 5. The minimum atomic E-state index is -0.854. The van der Waals surface area contributed by atoms with Crippen LogP contribution in [0.5, 0.6) is 0 Å². The van der Waals surface area contributed by atoms with Crippen LogP contribution >= 0.6 is 0 Å². The number of ketones is 1.